The number of anilines is 1. The van der Waals surface area contributed by atoms with E-state index in [9.17, 15) is 9.59 Å². The van der Waals surface area contributed by atoms with E-state index in [0.29, 0.717) is 53.9 Å². The minimum absolute atomic E-state index is 0.0495. The Morgan fingerprint density at radius 1 is 1.17 bits per heavy atom. The highest BCUT2D eigenvalue weighted by molar-refractivity contribution is 7.99. The third kappa shape index (κ3) is 5.49. The van der Waals surface area contributed by atoms with Crippen LogP contribution in [0.1, 0.15) is 29.9 Å². The third-order valence-corrected chi connectivity index (χ3v) is 9.46. The molecular weight excluding hydrogens is 558 g/mol. The SMILES string of the molecule is COc1ccc(NC(=O)CSc2nnc3n(CCc4ccccc4)c(=O)c4c5c(sc4n23)CO[C@@H](C(C)C)C5)cc1. The van der Waals surface area contributed by atoms with Crippen molar-refractivity contribution in [1.82, 2.24) is 19.2 Å². The van der Waals surface area contributed by atoms with E-state index in [2.05, 4.69) is 41.5 Å². The minimum atomic E-state index is -0.163. The second kappa shape index (κ2) is 11.7. The van der Waals surface area contributed by atoms with E-state index in [1.807, 2.05) is 22.6 Å². The summed E-state index contributed by atoms with van der Waals surface area (Å²) in [5, 5.41) is 13.1. The molecule has 1 N–H and O–H groups in total. The summed E-state index contributed by atoms with van der Waals surface area (Å²) in [6, 6.07) is 17.3. The van der Waals surface area contributed by atoms with Crippen LogP contribution in [0.15, 0.2) is 64.5 Å². The molecule has 6 rings (SSSR count). The molecule has 3 aromatic heterocycles. The Labute approximate surface area is 245 Å². The number of carbonyl (C=O) groups is 1. The monoisotopic (exact) mass is 589 g/mol. The van der Waals surface area contributed by atoms with Crippen LogP contribution in [0.3, 0.4) is 0 Å². The molecule has 0 radical (unpaired) electrons. The highest BCUT2D eigenvalue weighted by Crippen LogP contribution is 2.37. The van der Waals surface area contributed by atoms with E-state index < -0.39 is 0 Å². The quantitative estimate of drug-likeness (QED) is 0.236. The number of nitrogens with zero attached hydrogens (tertiary/aromatic N) is 4. The number of thioether (sulfide) groups is 1. The second-order valence-corrected chi connectivity index (χ2v) is 12.4. The molecule has 1 atom stereocenters. The van der Waals surface area contributed by atoms with Crippen molar-refractivity contribution in [2.45, 2.75) is 51.1 Å². The number of ether oxygens (including phenoxy) is 2. The first-order valence-electron chi connectivity index (χ1n) is 13.6. The number of amides is 1. The Morgan fingerprint density at radius 3 is 2.68 bits per heavy atom. The zero-order valence-corrected chi connectivity index (χ0v) is 24.8. The Hall–Kier alpha value is -3.67. The predicted molar refractivity (Wildman–Crippen MR) is 162 cm³/mol. The maximum Gasteiger partial charge on any atom is 0.263 e. The van der Waals surface area contributed by atoms with E-state index in [-0.39, 0.29) is 23.3 Å². The van der Waals surface area contributed by atoms with E-state index in [4.69, 9.17) is 9.47 Å². The van der Waals surface area contributed by atoms with E-state index in [0.717, 1.165) is 26.6 Å². The first kappa shape index (κ1) is 27.5. The molecule has 0 saturated carbocycles. The number of rotatable bonds is 9. The van der Waals surface area contributed by atoms with Gasteiger partial charge in [-0.25, -0.2) is 4.40 Å². The lowest BCUT2D eigenvalue weighted by atomic mass is 9.96. The molecule has 41 heavy (non-hydrogen) atoms. The fraction of sp³-hybridized carbons (Fsp3) is 0.333. The number of hydrogen-bond acceptors (Lipinski definition) is 8. The molecule has 1 amide bonds. The predicted octanol–water partition coefficient (Wildman–Crippen LogP) is 5.19. The maximum absolute atomic E-state index is 14.1. The van der Waals surface area contributed by atoms with Gasteiger partial charge in [0.05, 0.1) is 31.0 Å². The molecule has 1 aliphatic rings. The molecule has 0 fully saturated rings. The zero-order valence-electron chi connectivity index (χ0n) is 23.1. The fourth-order valence-electron chi connectivity index (χ4n) is 5.10. The summed E-state index contributed by atoms with van der Waals surface area (Å²) in [7, 11) is 1.60. The zero-order chi connectivity index (χ0) is 28.5. The molecule has 1 aliphatic heterocycles. The van der Waals surface area contributed by atoms with Crippen molar-refractivity contribution in [2.24, 2.45) is 5.92 Å². The van der Waals surface area contributed by atoms with Crippen molar-refractivity contribution in [2.75, 3.05) is 18.2 Å². The summed E-state index contributed by atoms with van der Waals surface area (Å²) < 4.78 is 15.0. The van der Waals surface area contributed by atoms with E-state index in [1.54, 1.807) is 47.3 Å². The van der Waals surface area contributed by atoms with Gasteiger partial charge in [-0.05, 0) is 47.7 Å². The summed E-state index contributed by atoms with van der Waals surface area (Å²) in [6.07, 6.45) is 1.44. The highest BCUT2D eigenvalue weighted by atomic mass is 32.2. The van der Waals surface area contributed by atoms with Gasteiger partial charge in [-0.2, -0.15) is 0 Å². The largest absolute Gasteiger partial charge is 0.497 e. The third-order valence-electron chi connectivity index (χ3n) is 7.34. The number of carbonyl (C=O) groups excluding carboxylic acids is 1. The van der Waals surface area contributed by atoms with Crippen molar-refractivity contribution in [3.05, 3.63) is 81.0 Å². The van der Waals surface area contributed by atoms with Gasteiger partial charge in [-0.15, -0.1) is 21.5 Å². The first-order chi connectivity index (χ1) is 19.9. The molecule has 2 aromatic carbocycles. The topological polar surface area (TPSA) is 99.7 Å². The molecule has 5 aromatic rings. The Balaban J connectivity index is 1.36. The van der Waals surface area contributed by atoms with Gasteiger partial charge in [0, 0.05) is 23.5 Å². The molecule has 11 heteroatoms. The van der Waals surface area contributed by atoms with Gasteiger partial charge >= 0.3 is 0 Å². The number of hydrogen-bond donors (Lipinski definition) is 1. The number of aryl methyl sites for hydroxylation is 2. The van der Waals surface area contributed by atoms with Crippen LogP contribution in [0.2, 0.25) is 0 Å². The lowest BCUT2D eigenvalue weighted by Gasteiger charge is -2.26. The van der Waals surface area contributed by atoms with Crippen LogP contribution in [-0.4, -0.2) is 44.0 Å². The highest BCUT2D eigenvalue weighted by Gasteiger charge is 2.30. The van der Waals surface area contributed by atoms with Crippen molar-refractivity contribution in [3.8, 4) is 5.75 Å². The van der Waals surface area contributed by atoms with Crippen LogP contribution in [0.25, 0.3) is 16.0 Å². The van der Waals surface area contributed by atoms with Gasteiger partial charge in [0.25, 0.3) is 5.56 Å². The van der Waals surface area contributed by atoms with Gasteiger partial charge in [0.2, 0.25) is 11.7 Å². The number of fused-ring (bicyclic) bond motifs is 5. The average Bonchev–Trinajstić information content (AvgIpc) is 3.58. The Kier molecular flexibility index (Phi) is 7.83. The number of aromatic nitrogens is 4. The number of benzene rings is 2. The van der Waals surface area contributed by atoms with Crippen LogP contribution in [0.4, 0.5) is 5.69 Å². The summed E-state index contributed by atoms with van der Waals surface area (Å²) in [5.74, 6) is 1.52. The number of nitrogens with one attached hydrogen (secondary N) is 1. The molecule has 9 nitrogen and oxygen atoms in total. The molecule has 0 spiro atoms. The summed E-state index contributed by atoms with van der Waals surface area (Å²) in [4.78, 5) is 28.8. The maximum atomic E-state index is 14.1. The standard InChI is InChI=1S/C30H31N5O4S2/c1-18(2)23-15-22-24(16-39-23)41-28-26(22)27(37)34(14-13-19-7-5-4-6-8-19)29-32-33-30(35(28)29)40-17-25(36)31-20-9-11-21(38-3)12-10-20/h4-12,18,23H,13-17H2,1-3H3,(H,31,36)/t23-/m1/s1. The molecular formula is C30H31N5O4S2. The van der Waals surface area contributed by atoms with Crippen LogP contribution in [0.5, 0.6) is 5.75 Å². The molecule has 0 bridgehead atoms. The van der Waals surface area contributed by atoms with Gasteiger partial charge in [0.1, 0.15) is 10.6 Å². The van der Waals surface area contributed by atoms with Gasteiger partial charge in [-0.1, -0.05) is 55.9 Å². The van der Waals surface area contributed by atoms with Gasteiger partial charge in [-0.3, -0.25) is 14.2 Å². The number of methoxy groups -OCH3 is 1. The normalized spacial score (nSPS) is 15.0. The smallest absolute Gasteiger partial charge is 0.263 e. The Bertz CT molecular complexity index is 1760. The minimum Gasteiger partial charge on any atom is -0.497 e. The molecule has 0 saturated heterocycles. The van der Waals surface area contributed by atoms with Gasteiger partial charge in [0.15, 0.2) is 5.16 Å². The van der Waals surface area contributed by atoms with Crippen LogP contribution in [0, 0.1) is 5.92 Å². The second-order valence-electron chi connectivity index (χ2n) is 10.4. The summed E-state index contributed by atoms with van der Waals surface area (Å²) >= 11 is 2.86. The molecule has 212 valence electrons. The van der Waals surface area contributed by atoms with Crippen LogP contribution >= 0.6 is 23.1 Å². The molecule has 0 unspecified atom stereocenters. The van der Waals surface area contributed by atoms with Crippen LogP contribution < -0.4 is 15.6 Å². The summed E-state index contributed by atoms with van der Waals surface area (Å²) in [5.41, 5.74) is 2.84. The van der Waals surface area contributed by atoms with Crippen molar-refractivity contribution in [1.29, 1.82) is 0 Å². The first-order valence-corrected chi connectivity index (χ1v) is 15.4. The summed E-state index contributed by atoms with van der Waals surface area (Å²) in [6.45, 7) is 5.24. The molecule has 4 heterocycles. The van der Waals surface area contributed by atoms with Crippen molar-refractivity contribution in [3.63, 3.8) is 0 Å². The lowest BCUT2D eigenvalue weighted by molar-refractivity contribution is -0.113. The Morgan fingerprint density at radius 2 is 1.95 bits per heavy atom. The average molecular weight is 590 g/mol. The molecule has 0 aliphatic carbocycles. The fourth-order valence-corrected chi connectivity index (χ4v) is 7.13. The van der Waals surface area contributed by atoms with E-state index >= 15 is 0 Å². The van der Waals surface area contributed by atoms with Crippen molar-refractivity contribution >= 4 is 50.7 Å². The van der Waals surface area contributed by atoms with E-state index in [1.165, 1.54) is 11.8 Å². The number of thiophene rings is 1. The van der Waals surface area contributed by atoms with Crippen molar-refractivity contribution < 1.29 is 14.3 Å². The van der Waals surface area contributed by atoms with Crippen LogP contribution in [-0.2, 0) is 35.5 Å². The van der Waals surface area contributed by atoms with Gasteiger partial charge < -0.3 is 14.8 Å². The lowest BCUT2D eigenvalue weighted by Crippen LogP contribution is -2.29.